The first kappa shape index (κ1) is 7.53. The molecule has 0 aromatic carbocycles. The smallest absolute Gasteiger partial charge is 0.252 e. The number of fused-ring (bicyclic) bond motifs is 1. The van der Waals surface area contributed by atoms with Gasteiger partial charge in [0.25, 0.3) is 5.91 Å². The predicted molar refractivity (Wildman–Crippen MR) is 42.8 cm³/mol. The van der Waals surface area contributed by atoms with Gasteiger partial charge in [0.1, 0.15) is 17.7 Å². The van der Waals surface area contributed by atoms with Crippen LogP contribution in [0.4, 0.5) is 0 Å². The van der Waals surface area contributed by atoms with Crippen LogP contribution in [0.25, 0.3) is 11.4 Å². The maximum absolute atomic E-state index is 10.9. The zero-order valence-corrected chi connectivity index (χ0v) is 6.51. The van der Waals surface area contributed by atoms with Crippen LogP contribution >= 0.6 is 0 Å². The summed E-state index contributed by atoms with van der Waals surface area (Å²) in [5.74, 6) is -0.587. The van der Waals surface area contributed by atoms with Gasteiger partial charge in [-0.3, -0.25) is 4.79 Å². The Morgan fingerprint density at radius 1 is 1.38 bits per heavy atom. The first-order chi connectivity index (χ1) is 6.29. The molecule has 0 radical (unpaired) electrons. The lowest BCUT2D eigenvalue weighted by molar-refractivity contribution is 0.100. The molecule has 0 aromatic heterocycles. The van der Waals surface area contributed by atoms with Gasteiger partial charge in [0.2, 0.25) is 0 Å². The number of carbonyl (C=O) groups is 1. The fourth-order valence-electron chi connectivity index (χ4n) is 0.985. The van der Waals surface area contributed by atoms with E-state index in [2.05, 4.69) is 20.2 Å². The lowest BCUT2D eigenvalue weighted by Crippen LogP contribution is -2.12. The molecule has 0 saturated heterocycles. The molecule has 2 aliphatic heterocycles. The van der Waals surface area contributed by atoms with Crippen molar-refractivity contribution in [3.05, 3.63) is 24.3 Å². The third kappa shape index (κ3) is 1.18. The van der Waals surface area contributed by atoms with Gasteiger partial charge in [0.15, 0.2) is 0 Å². The van der Waals surface area contributed by atoms with Crippen molar-refractivity contribution in [2.45, 2.75) is 0 Å². The highest BCUT2D eigenvalue weighted by atomic mass is 16.1. The maximum atomic E-state index is 10.9. The van der Waals surface area contributed by atoms with E-state index < -0.39 is 5.91 Å². The zero-order chi connectivity index (χ0) is 9.26. The molecule has 2 N–H and O–H groups in total. The summed E-state index contributed by atoms with van der Waals surface area (Å²) in [5, 5.41) is 7.35. The van der Waals surface area contributed by atoms with Crippen LogP contribution in [0.2, 0.25) is 0 Å². The van der Waals surface area contributed by atoms with Crippen molar-refractivity contribution in [2.75, 3.05) is 0 Å². The van der Waals surface area contributed by atoms with E-state index in [4.69, 9.17) is 5.73 Å². The van der Waals surface area contributed by atoms with Crippen LogP contribution in [0.1, 0.15) is 10.4 Å². The van der Waals surface area contributed by atoms with E-state index in [0.29, 0.717) is 11.4 Å². The highest BCUT2D eigenvalue weighted by Gasteiger charge is 2.14. The van der Waals surface area contributed by atoms with E-state index in [9.17, 15) is 4.79 Å². The third-order valence-corrected chi connectivity index (χ3v) is 1.57. The first-order valence-corrected chi connectivity index (χ1v) is 3.50. The number of nitrogens with two attached hydrogens (primary N) is 1. The number of rotatable bonds is 1. The summed E-state index contributed by atoms with van der Waals surface area (Å²) in [6.45, 7) is 0. The van der Waals surface area contributed by atoms with Crippen molar-refractivity contribution in [2.24, 2.45) is 5.73 Å². The lowest BCUT2D eigenvalue weighted by atomic mass is 10.2. The molecule has 0 spiro atoms. The Kier molecular flexibility index (Phi) is 1.59. The molecule has 1 amide bonds. The number of aromatic nitrogens is 4. The standard InChI is InChI=1S/C7H5N5O/c8-7(13)4-1-9-3-10-5-2-11-12-6(4)5/h1-3H,(H2,8,13). The molecular weight excluding hydrogens is 170 g/mol. The second-order valence-electron chi connectivity index (χ2n) is 2.38. The van der Waals surface area contributed by atoms with Crippen LogP contribution in [-0.4, -0.2) is 26.1 Å². The molecule has 0 saturated carbocycles. The Hall–Kier alpha value is -2.11. The molecule has 2 rings (SSSR count). The predicted octanol–water partition coefficient (Wildman–Crippen LogP) is -0.530. The average molecular weight is 175 g/mol. The van der Waals surface area contributed by atoms with Crippen molar-refractivity contribution < 1.29 is 4.79 Å². The van der Waals surface area contributed by atoms with Crippen LogP contribution < -0.4 is 5.73 Å². The quantitative estimate of drug-likeness (QED) is 0.628. The van der Waals surface area contributed by atoms with E-state index in [0.717, 1.165) is 0 Å². The van der Waals surface area contributed by atoms with Crippen molar-refractivity contribution in [3.8, 4) is 11.4 Å². The molecule has 0 aromatic rings. The SMILES string of the molecule is NC(=O)c1cncnc2cnnc1-2. The number of carbonyl (C=O) groups excluding carboxylic acids is 1. The Labute approximate surface area is 73.2 Å². The van der Waals surface area contributed by atoms with Gasteiger partial charge >= 0.3 is 0 Å². The summed E-state index contributed by atoms with van der Waals surface area (Å²) in [6.07, 6.45) is 4.09. The van der Waals surface area contributed by atoms with Crippen LogP contribution in [-0.2, 0) is 0 Å². The summed E-state index contributed by atoms with van der Waals surface area (Å²) < 4.78 is 0. The largest absolute Gasteiger partial charge is 0.365 e. The number of amides is 1. The Balaban J connectivity index is 2.74. The van der Waals surface area contributed by atoms with Gasteiger partial charge in [0, 0.05) is 6.20 Å². The normalized spacial score (nSPS) is 10.2. The van der Waals surface area contributed by atoms with E-state index in [-0.39, 0.29) is 5.56 Å². The molecule has 0 bridgehead atoms. The third-order valence-electron chi connectivity index (χ3n) is 1.57. The minimum absolute atomic E-state index is 0.227. The van der Waals surface area contributed by atoms with Gasteiger partial charge in [0.05, 0.1) is 11.8 Å². The topological polar surface area (TPSA) is 94.7 Å². The number of primary amides is 1. The summed E-state index contributed by atoms with van der Waals surface area (Å²) >= 11 is 0. The highest BCUT2D eigenvalue weighted by Crippen LogP contribution is 2.16. The lowest BCUT2D eigenvalue weighted by Gasteiger charge is -1.92. The molecule has 13 heavy (non-hydrogen) atoms. The molecular formula is C7H5N5O. The fourth-order valence-corrected chi connectivity index (χ4v) is 0.985. The Morgan fingerprint density at radius 2 is 2.23 bits per heavy atom. The molecule has 6 nitrogen and oxygen atoms in total. The van der Waals surface area contributed by atoms with Crippen LogP contribution in [0, 0.1) is 0 Å². The Morgan fingerprint density at radius 3 is 3.00 bits per heavy atom. The first-order valence-electron chi connectivity index (χ1n) is 3.50. The van der Waals surface area contributed by atoms with Gasteiger partial charge < -0.3 is 5.73 Å². The number of hydrogen-bond donors (Lipinski definition) is 1. The van der Waals surface area contributed by atoms with E-state index in [1.807, 2.05) is 0 Å². The molecule has 64 valence electrons. The van der Waals surface area contributed by atoms with Crippen LogP contribution in [0.3, 0.4) is 0 Å². The number of nitrogens with zero attached hydrogens (tertiary/aromatic N) is 4. The minimum Gasteiger partial charge on any atom is -0.365 e. The highest BCUT2D eigenvalue weighted by molar-refractivity contribution is 5.97. The van der Waals surface area contributed by atoms with E-state index in [1.165, 1.54) is 18.7 Å². The molecule has 0 fully saturated rings. The van der Waals surface area contributed by atoms with Gasteiger partial charge in [-0.15, -0.1) is 5.10 Å². The summed E-state index contributed by atoms with van der Waals surface area (Å²) in [7, 11) is 0. The molecule has 0 atom stereocenters. The molecule has 0 unspecified atom stereocenters. The Bertz CT molecular complexity index is 429. The van der Waals surface area contributed by atoms with Gasteiger partial charge in [-0.1, -0.05) is 0 Å². The summed E-state index contributed by atoms with van der Waals surface area (Å²) in [5.41, 5.74) is 6.23. The van der Waals surface area contributed by atoms with Gasteiger partial charge in [-0.2, -0.15) is 5.10 Å². The van der Waals surface area contributed by atoms with E-state index in [1.54, 1.807) is 0 Å². The van der Waals surface area contributed by atoms with Gasteiger partial charge in [-0.25, -0.2) is 9.97 Å². The monoisotopic (exact) mass is 175 g/mol. The van der Waals surface area contributed by atoms with Crippen molar-refractivity contribution >= 4 is 5.91 Å². The fraction of sp³-hybridized carbons (Fsp3) is 0. The molecule has 6 heteroatoms. The molecule has 0 aliphatic carbocycles. The maximum Gasteiger partial charge on any atom is 0.252 e. The zero-order valence-electron chi connectivity index (χ0n) is 6.51. The van der Waals surface area contributed by atoms with Crippen molar-refractivity contribution in [3.63, 3.8) is 0 Å². The van der Waals surface area contributed by atoms with Crippen molar-refractivity contribution in [1.29, 1.82) is 0 Å². The average Bonchev–Trinajstić information content (AvgIpc) is 2.44. The minimum atomic E-state index is -0.587. The summed E-state index contributed by atoms with van der Waals surface area (Å²) in [6, 6.07) is 0. The second kappa shape index (κ2) is 2.74. The van der Waals surface area contributed by atoms with Gasteiger partial charge in [-0.05, 0) is 0 Å². The molecule has 2 heterocycles. The second-order valence-corrected chi connectivity index (χ2v) is 2.38. The van der Waals surface area contributed by atoms with Crippen molar-refractivity contribution in [1.82, 2.24) is 20.2 Å². The van der Waals surface area contributed by atoms with Crippen LogP contribution in [0.5, 0.6) is 0 Å². The summed E-state index contributed by atoms with van der Waals surface area (Å²) in [4.78, 5) is 18.6. The number of hydrogen-bond acceptors (Lipinski definition) is 5. The van der Waals surface area contributed by atoms with E-state index >= 15 is 0 Å². The molecule has 2 aliphatic rings. The van der Waals surface area contributed by atoms with Crippen LogP contribution in [0.15, 0.2) is 18.7 Å².